The molecule has 0 radical (unpaired) electrons. The van der Waals surface area contributed by atoms with E-state index in [4.69, 9.17) is 16.7 Å². The first kappa shape index (κ1) is 20.6. The van der Waals surface area contributed by atoms with Crippen LogP contribution < -0.4 is 10.9 Å². The molecule has 1 heterocycles. The van der Waals surface area contributed by atoms with Crippen molar-refractivity contribution < 1.29 is 14.7 Å². The Morgan fingerprint density at radius 2 is 1.93 bits per heavy atom. The van der Waals surface area contributed by atoms with Crippen molar-refractivity contribution in [2.75, 3.05) is 6.54 Å². The Morgan fingerprint density at radius 1 is 1.22 bits per heavy atom. The fourth-order valence-electron chi connectivity index (χ4n) is 2.59. The van der Waals surface area contributed by atoms with Crippen molar-refractivity contribution in [2.24, 2.45) is 0 Å². The standard InChI is InChI=1S/C19H22ClN3O4/c1-2-3-4-5-16-22-15(13-6-8-14(20)9-7-13)10-18(25)23(16)12-17(24)21-11-19(26)27/h6-10H,2-5,11-12H2,1H3,(H,21,24)(H,26,27). The number of hydrogen-bond donors (Lipinski definition) is 2. The summed E-state index contributed by atoms with van der Waals surface area (Å²) in [5.74, 6) is -1.18. The Morgan fingerprint density at radius 3 is 2.56 bits per heavy atom. The topological polar surface area (TPSA) is 101 Å². The number of aryl methyl sites for hydroxylation is 1. The Hall–Kier alpha value is -2.67. The summed E-state index contributed by atoms with van der Waals surface area (Å²) in [5.41, 5.74) is 0.924. The van der Waals surface area contributed by atoms with Gasteiger partial charge in [-0.25, -0.2) is 4.98 Å². The molecule has 0 atom stereocenters. The monoisotopic (exact) mass is 391 g/mol. The molecule has 8 heteroatoms. The maximum atomic E-state index is 12.6. The molecule has 2 N–H and O–H groups in total. The summed E-state index contributed by atoms with van der Waals surface area (Å²) in [6.07, 6.45) is 3.38. The van der Waals surface area contributed by atoms with Gasteiger partial charge in [0.15, 0.2) is 0 Å². The first-order valence-corrected chi connectivity index (χ1v) is 9.13. The van der Waals surface area contributed by atoms with Gasteiger partial charge in [0.2, 0.25) is 5.91 Å². The van der Waals surface area contributed by atoms with E-state index in [1.807, 2.05) is 0 Å². The highest BCUT2D eigenvalue weighted by atomic mass is 35.5. The maximum Gasteiger partial charge on any atom is 0.322 e. The lowest BCUT2D eigenvalue weighted by Crippen LogP contribution is -2.36. The van der Waals surface area contributed by atoms with Crippen molar-refractivity contribution in [3.63, 3.8) is 0 Å². The smallest absolute Gasteiger partial charge is 0.322 e. The van der Waals surface area contributed by atoms with Gasteiger partial charge < -0.3 is 10.4 Å². The van der Waals surface area contributed by atoms with E-state index in [0.29, 0.717) is 23.0 Å². The van der Waals surface area contributed by atoms with Crippen LogP contribution in [-0.4, -0.2) is 33.1 Å². The molecule has 2 rings (SSSR count). The first-order valence-electron chi connectivity index (χ1n) is 8.76. The van der Waals surface area contributed by atoms with Crippen LogP contribution in [0.1, 0.15) is 32.0 Å². The number of carbonyl (C=O) groups is 2. The minimum absolute atomic E-state index is 0.262. The van der Waals surface area contributed by atoms with Crippen molar-refractivity contribution in [1.82, 2.24) is 14.9 Å². The predicted molar refractivity (Wildman–Crippen MR) is 103 cm³/mol. The number of carbonyl (C=O) groups excluding carboxylic acids is 1. The number of benzene rings is 1. The van der Waals surface area contributed by atoms with Crippen LogP contribution in [0.25, 0.3) is 11.3 Å². The first-order chi connectivity index (χ1) is 12.9. The Balaban J connectivity index is 2.33. The zero-order valence-corrected chi connectivity index (χ0v) is 15.8. The predicted octanol–water partition coefficient (Wildman–Crippen LogP) is 2.50. The fourth-order valence-corrected chi connectivity index (χ4v) is 2.72. The molecule has 0 aliphatic carbocycles. The number of hydrogen-bond acceptors (Lipinski definition) is 4. The van der Waals surface area contributed by atoms with Crippen LogP contribution in [0, 0.1) is 0 Å². The molecule has 1 aromatic heterocycles. The van der Waals surface area contributed by atoms with E-state index in [1.54, 1.807) is 24.3 Å². The van der Waals surface area contributed by atoms with Crippen molar-refractivity contribution in [3.05, 3.63) is 51.5 Å². The zero-order chi connectivity index (χ0) is 19.8. The van der Waals surface area contributed by atoms with Crippen LogP contribution in [0.5, 0.6) is 0 Å². The SMILES string of the molecule is CCCCCc1nc(-c2ccc(Cl)cc2)cc(=O)n1CC(=O)NCC(=O)O. The van der Waals surface area contributed by atoms with Crippen molar-refractivity contribution >= 4 is 23.5 Å². The van der Waals surface area contributed by atoms with Gasteiger partial charge >= 0.3 is 5.97 Å². The maximum absolute atomic E-state index is 12.6. The van der Waals surface area contributed by atoms with Gasteiger partial charge in [-0.1, -0.05) is 43.5 Å². The summed E-state index contributed by atoms with van der Waals surface area (Å²) < 4.78 is 1.30. The zero-order valence-electron chi connectivity index (χ0n) is 15.1. The summed E-state index contributed by atoms with van der Waals surface area (Å²) in [6.45, 7) is 1.32. The second kappa shape index (κ2) is 9.87. The van der Waals surface area contributed by atoms with Gasteiger partial charge in [0.25, 0.3) is 5.56 Å². The summed E-state index contributed by atoms with van der Waals surface area (Å²) in [7, 11) is 0. The number of carboxylic acid groups (broad SMARTS) is 1. The van der Waals surface area contributed by atoms with Gasteiger partial charge in [-0.3, -0.25) is 19.0 Å². The normalized spacial score (nSPS) is 10.6. The average molecular weight is 392 g/mol. The highest BCUT2D eigenvalue weighted by Crippen LogP contribution is 2.19. The van der Waals surface area contributed by atoms with Crippen LogP contribution in [-0.2, 0) is 22.6 Å². The molecule has 0 bridgehead atoms. The van der Waals surface area contributed by atoms with E-state index < -0.39 is 18.4 Å². The van der Waals surface area contributed by atoms with Gasteiger partial charge in [0.1, 0.15) is 18.9 Å². The molecule has 144 valence electrons. The number of amides is 1. The van der Waals surface area contributed by atoms with Gasteiger partial charge in [-0.2, -0.15) is 0 Å². The Kier molecular flexibility index (Phi) is 7.55. The lowest BCUT2D eigenvalue weighted by molar-refractivity contribution is -0.138. The largest absolute Gasteiger partial charge is 0.480 e. The molecule has 0 saturated heterocycles. The molecule has 0 saturated carbocycles. The van der Waals surface area contributed by atoms with Crippen LogP contribution in [0.15, 0.2) is 35.1 Å². The highest BCUT2D eigenvalue weighted by Gasteiger charge is 2.14. The summed E-state index contributed by atoms with van der Waals surface area (Å²) in [4.78, 5) is 39.7. The molecule has 0 aliphatic rings. The molecule has 0 unspecified atom stereocenters. The van der Waals surface area contributed by atoms with E-state index in [9.17, 15) is 14.4 Å². The molecular weight excluding hydrogens is 370 g/mol. The van der Waals surface area contributed by atoms with Gasteiger partial charge in [-0.15, -0.1) is 0 Å². The lowest BCUT2D eigenvalue weighted by atomic mass is 10.1. The highest BCUT2D eigenvalue weighted by molar-refractivity contribution is 6.30. The number of carboxylic acids is 1. The molecule has 1 amide bonds. The third-order valence-corrected chi connectivity index (χ3v) is 4.22. The minimum Gasteiger partial charge on any atom is -0.480 e. The quantitative estimate of drug-likeness (QED) is 0.639. The van der Waals surface area contributed by atoms with Crippen LogP contribution in [0.3, 0.4) is 0 Å². The summed E-state index contributed by atoms with van der Waals surface area (Å²) >= 11 is 5.91. The lowest BCUT2D eigenvalue weighted by Gasteiger charge is -2.13. The molecule has 2 aromatic rings. The second-order valence-electron chi connectivity index (χ2n) is 6.12. The number of nitrogens with one attached hydrogen (secondary N) is 1. The average Bonchev–Trinajstić information content (AvgIpc) is 2.63. The van der Waals surface area contributed by atoms with Gasteiger partial charge in [-0.05, 0) is 18.6 Å². The number of aromatic nitrogens is 2. The van der Waals surface area contributed by atoms with E-state index in [2.05, 4.69) is 17.2 Å². The second-order valence-corrected chi connectivity index (χ2v) is 6.55. The third-order valence-electron chi connectivity index (χ3n) is 3.97. The fraction of sp³-hybridized carbons (Fsp3) is 0.368. The summed E-state index contributed by atoms with van der Waals surface area (Å²) in [5, 5.41) is 11.5. The van der Waals surface area contributed by atoms with E-state index in [1.165, 1.54) is 10.6 Å². The molecule has 1 aromatic carbocycles. The number of nitrogens with zero attached hydrogens (tertiary/aromatic N) is 2. The minimum atomic E-state index is -1.14. The van der Waals surface area contributed by atoms with Gasteiger partial charge in [0.05, 0.1) is 5.69 Å². The van der Waals surface area contributed by atoms with Gasteiger partial charge in [0, 0.05) is 23.1 Å². The third kappa shape index (κ3) is 6.21. The van der Waals surface area contributed by atoms with Crippen molar-refractivity contribution in [3.8, 4) is 11.3 Å². The van der Waals surface area contributed by atoms with Crippen LogP contribution >= 0.6 is 11.6 Å². The van der Waals surface area contributed by atoms with Crippen LogP contribution in [0.4, 0.5) is 0 Å². The van der Waals surface area contributed by atoms with Crippen molar-refractivity contribution in [2.45, 2.75) is 39.2 Å². The molecule has 7 nitrogen and oxygen atoms in total. The van der Waals surface area contributed by atoms with Crippen LogP contribution in [0.2, 0.25) is 5.02 Å². The Bertz CT molecular complexity index is 862. The molecule has 0 spiro atoms. The number of rotatable bonds is 9. The summed E-state index contributed by atoms with van der Waals surface area (Å²) in [6, 6.07) is 8.38. The van der Waals surface area contributed by atoms with Crippen molar-refractivity contribution in [1.29, 1.82) is 0 Å². The van der Waals surface area contributed by atoms with E-state index >= 15 is 0 Å². The Labute approximate surface area is 162 Å². The molecular formula is C19H22ClN3O4. The molecule has 0 aliphatic heterocycles. The van der Waals surface area contributed by atoms with E-state index in [-0.39, 0.29) is 12.1 Å². The number of unbranched alkanes of at least 4 members (excludes halogenated alkanes) is 2. The number of aliphatic carboxylic acids is 1. The number of halogens is 1. The molecule has 27 heavy (non-hydrogen) atoms. The van der Waals surface area contributed by atoms with E-state index in [0.717, 1.165) is 24.8 Å². The molecule has 0 fully saturated rings.